The highest BCUT2D eigenvalue weighted by Gasteiger charge is 2.37. The smallest absolute Gasteiger partial charge is 0.257 e. The van der Waals surface area contributed by atoms with E-state index in [0.29, 0.717) is 36.6 Å². The van der Waals surface area contributed by atoms with E-state index in [1.165, 1.54) is 0 Å². The molecule has 1 aliphatic rings. The van der Waals surface area contributed by atoms with Crippen LogP contribution in [0.25, 0.3) is 0 Å². The number of nitrogens with one attached hydrogen (secondary N) is 1. The number of β-amino-alcohol motifs (C(OH)–C–C–N with tert-alkyl or cyclic N) is 1. The molecule has 2 aromatic heterocycles. The molecule has 8 heteroatoms. The van der Waals surface area contributed by atoms with Crippen LogP contribution in [-0.4, -0.2) is 60.4 Å². The summed E-state index contributed by atoms with van der Waals surface area (Å²) >= 11 is 0. The number of hydrogen-bond acceptors (Lipinski definition) is 6. The summed E-state index contributed by atoms with van der Waals surface area (Å²) in [6, 6.07) is 3.70. The predicted octanol–water partition coefficient (Wildman–Crippen LogP) is 1.24. The molecule has 0 bridgehead atoms. The Morgan fingerprint density at radius 3 is 2.96 bits per heavy atom. The van der Waals surface area contributed by atoms with Crippen LogP contribution in [0.2, 0.25) is 0 Å². The van der Waals surface area contributed by atoms with E-state index in [1.807, 2.05) is 20.9 Å². The second kappa shape index (κ2) is 7.41. The van der Waals surface area contributed by atoms with Gasteiger partial charge >= 0.3 is 0 Å². The molecule has 2 N–H and O–H groups in total. The van der Waals surface area contributed by atoms with Crippen molar-refractivity contribution in [3.8, 4) is 0 Å². The number of piperidine rings is 1. The Morgan fingerprint density at radius 2 is 2.27 bits per heavy atom. The van der Waals surface area contributed by atoms with Crippen LogP contribution < -0.4 is 5.32 Å². The quantitative estimate of drug-likeness (QED) is 0.835. The Kier molecular flexibility index (Phi) is 5.22. The average molecular weight is 358 g/mol. The normalized spacial score (nSPS) is 20.4. The van der Waals surface area contributed by atoms with Crippen LogP contribution in [0.3, 0.4) is 0 Å². The largest absolute Gasteiger partial charge is 0.388 e. The predicted molar refractivity (Wildman–Crippen MR) is 97.8 cm³/mol. The Labute approximate surface area is 153 Å². The van der Waals surface area contributed by atoms with Crippen molar-refractivity contribution in [3.63, 3.8) is 0 Å². The number of carbonyl (C=O) groups is 1. The zero-order chi connectivity index (χ0) is 18.7. The lowest BCUT2D eigenvalue weighted by atomic mass is 9.89. The van der Waals surface area contributed by atoms with E-state index < -0.39 is 5.60 Å². The van der Waals surface area contributed by atoms with Crippen molar-refractivity contribution in [1.29, 1.82) is 0 Å². The van der Waals surface area contributed by atoms with Crippen molar-refractivity contribution in [1.82, 2.24) is 24.6 Å². The third kappa shape index (κ3) is 4.01. The molecule has 26 heavy (non-hydrogen) atoms. The topological polar surface area (TPSA) is 96.2 Å². The van der Waals surface area contributed by atoms with Crippen molar-refractivity contribution in [3.05, 3.63) is 36.0 Å². The number of amides is 1. The maximum absolute atomic E-state index is 13.1. The van der Waals surface area contributed by atoms with Crippen LogP contribution in [0.1, 0.15) is 42.9 Å². The summed E-state index contributed by atoms with van der Waals surface area (Å²) in [5.41, 5.74) is -0.466. The molecule has 1 fully saturated rings. The van der Waals surface area contributed by atoms with Gasteiger partial charge in [-0.15, -0.1) is 10.2 Å². The number of carbonyl (C=O) groups excluding carboxylic acids is 1. The second-order valence-electron chi connectivity index (χ2n) is 7.29. The van der Waals surface area contributed by atoms with Gasteiger partial charge in [0.05, 0.1) is 17.7 Å². The zero-order valence-corrected chi connectivity index (χ0v) is 15.5. The zero-order valence-electron chi connectivity index (χ0n) is 15.5. The summed E-state index contributed by atoms with van der Waals surface area (Å²) in [7, 11) is 1.85. The van der Waals surface area contributed by atoms with E-state index in [1.54, 1.807) is 34.1 Å². The Hall–Kier alpha value is -2.48. The van der Waals surface area contributed by atoms with Crippen LogP contribution in [0, 0.1) is 0 Å². The van der Waals surface area contributed by atoms with Gasteiger partial charge < -0.3 is 19.9 Å². The van der Waals surface area contributed by atoms with Crippen LogP contribution >= 0.6 is 0 Å². The number of likely N-dealkylation sites (tertiary alicyclic amines) is 1. The number of pyridine rings is 1. The Morgan fingerprint density at radius 1 is 1.46 bits per heavy atom. The SMILES string of the molecule is CC(C)Nc1ncccc1C(=O)N1CCCC(O)(Cc2nncn2C)C1. The summed E-state index contributed by atoms with van der Waals surface area (Å²) in [6.07, 6.45) is 5.03. The minimum Gasteiger partial charge on any atom is -0.388 e. The van der Waals surface area contributed by atoms with Crippen LogP contribution in [-0.2, 0) is 13.5 Å². The third-order valence-corrected chi connectivity index (χ3v) is 4.60. The third-order valence-electron chi connectivity index (χ3n) is 4.60. The summed E-state index contributed by atoms with van der Waals surface area (Å²) in [4.78, 5) is 19.1. The molecule has 0 radical (unpaired) electrons. The number of hydrogen-bond donors (Lipinski definition) is 2. The molecule has 0 aliphatic carbocycles. The molecule has 1 unspecified atom stereocenters. The van der Waals surface area contributed by atoms with Gasteiger partial charge in [0.25, 0.3) is 5.91 Å². The number of nitrogens with zero attached hydrogens (tertiary/aromatic N) is 5. The van der Waals surface area contributed by atoms with Crippen molar-refractivity contribution in [2.45, 2.75) is 44.8 Å². The molecule has 3 rings (SSSR count). The van der Waals surface area contributed by atoms with Crippen LogP contribution in [0.15, 0.2) is 24.7 Å². The van der Waals surface area contributed by atoms with Crippen LogP contribution in [0.4, 0.5) is 5.82 Å². The van der Waals surface area contributed by atoms with Crippen molar-refractivity contribution < 1.29 is 9.90 Å². The number of rotatable bonds is 5. The summed E-state index contributed by atoms with van der Waals surface area (Å²) < 4.78 is 1.80. The van der Waals surface area contributed by atoms with Crippen molar-refractivity contribution in [2.75, 3.05) is 18.4 Å². The molecule has 0 aromatic carbocycles. The summed E-state index contributed by atoms with van der Waals surface area (Å²) in [5, 5.41) is 22.2. The maximum Gasteiger partial charge on any atom is 0.257 e. The molecule has 1 atom stereocenters. The van der Waals surface area contributed by atoms with Gasteiger partial charge in [0.1, 0.15) is 18.0 Å². The molecule has 2 aromatic rings. The van der Waals surface area contributed by atoms with Crippen LogP contribution in [0.5, 0.6) is 0 Å². The number of aromatic nitrogens is 4. The first-order chi connectivity index (χ1) is 12.4. The highest BCUT2D eigenvalue weighted by molar-refractivity contribution is 5.98. The minimum absolute atomic E-state index is 0.114. The lowest BCUT2D eigenvalue weighted by molar-refractivity contribution is -0.0258. The fraction of sp³-hybridized carbons (Fsp3) is 0.556. The molecular weight excluding hydrogens is 332 g/mol. The van der Waals surface area contributed by atoms with Crippen molar-refractivity contribution >= 4 is 11.7 Å². The number of aryl methyl sites for hydroxylation is 1. The lowest BCUT2D eigenvalue weighted by Crippen LogP contribution is -2.51. The monoisotopic (exact) mass is 358 g/mol. The molecule has 0 spiro atoms. The standard InChI is InChI=1S/C18H26N6O2/c1-13(2)21-16-14(6-4-8-19-16)17(25)24-9-5-7-18(26,11-24)10-15-22-20-12-23(15)3/h4,6,8,12-13,26H,5,7,9-11H2,1-3H3,(H,19,21). The number of anilines is 1. The fourth-order valence-electron chi connectivity index (χ4n) is 3.33. The molecule has 140 valence electrons. The number of aliphatic hydroxyl groups is 1. The van der Waals surface area contributed by atoms with Gasteiger partial charge in [-0.3, -0.25) is 4.79 Å². The van der Waals surface area contributed by atoms with Gasteiger partial charge in [0.15, 0.2) is 0 Å². The van der Waals surface area contributed by atoms with E-state index in [9.17, 15) is 9.90 Å². The maximum atomic E-state index is 13.1. The summed E-state index contributed by atoms with van der Waals surface area (Å²) in [5.74, 6) is 1.18. The first kappa shape index (κ1) is 18.3. The molecule has 3 heterocycles. The fourth-order valence-corrected chi connectivity index (χ4v) is 3.33. The van der Waals surface area contributed by atoms with Gasteiger partial charge in [-0.2, -0.15) is 0 Å². The van der Waals surface area contributed by atoms with Gasteiger partial charge in [0, 0.05) is 32.3 Å². The highest BCUT2D eigenvalue weighted by Crippen LogP contribution is 2.27. The molecule has 1 saturated heterocycles. The van der Waals surface area contributed by atoms with E-state index in [2.05, 4.69) is 20.5 Å². The van der Waals surface area contributed by atoms with E-state index >= 15 is 0 Å². The second-order valence-corrected chi connectivity index (χ2v) is 7.29. The van der Waals surface area contributed by atoms with Gasteiger partial charge in [0.2, 0.25) is 0 Å². The molecule has 0 saturated carbocycles. The molecule has 1 amide bonds. The molecule has 1 aliphatic heterocycles. The van der Waals surface area contributed by atoms with Crippen molar-refractivity contribution in [2.24, 2.45) is 7.05 Å². The lowest BCUT2D eigenvalue weighted by Gasteiger charge is -2.39. The first-order valence-corrected chi connectivity index (χ1v) is 8.94. The molecule has 8 nitrogen and oxygen atoms in total. The highest BCUT2D eigenvalue weighted by atomic mass is 16.3. The van der Waals surface area contributed by atoms with Gasteiger partial charge in [-0.05, 0) is 38.8 Å². The summed E-state index contributed by atoms with van der Waals surface area (Å²) in [6.45, 7) is 4.90. The first-order valence-electron chi connectivity index (χ1n) is 8.94. The van der Waals surface area contributed by atoms with E-state index in [4.69, 9.17) is 0 Å². The Bertz CT molecular complexity index is 775. The molecular formula is C18H26N6O2. The average Bonchev–Trinajstić information content (AvgIpc) is 2.98. The Balaban J connectivity index is 1.77. The van der Waals surface area contributed by atoms with E-state index in [-0.39, 0.29) is 18.5 Å². The van der Waals surface area contributed by atoms with E-state index in [0.717, 1.165) is 6.42 Å². The minimum atomic E-state index is -0.997. The van der Waals surface area contributed by atoms with Gasteiger partial charge in [-0.25, -0.2) is 4.98 Å². The van der Waals surface area contributed by atoms with Gasteiger partial charge in [-0.1, -0.05) is 0 Å².